The lowest BCUT2D eigenvalue weighted by molar-refractivity contribution is 0.0635. The highest BCUT2D eigenvalue weighted by atomic mass is 16.6. The molecule has 8 aromatic carbocycles. The molecule has 0 atom stereocenters. The van der Waals surface area contributed by atoms with Crippen LogP contribution in [0, 0.1) is 0 Å². The van der Waals surface area contributed by atoms with Crippen LogP contribution in [0.4, 0.5) is 16.2 Å². The minimum Gasteiger partial charge on any atom is -0.444 e. The van der Waals surface area contributed by atoms with E-state index in [-0.39, 0.29) is 24.4 Å². The molecule has 404 valence electrons. The number of ether oxygens (including phenoxy) is 1. The van der Waals surface area contributed by atoms with Crippen molar-refractivity contribution in [2.24, 2.45) is 0 Å². The van der Waals surface area contributed by atoms with Crippen LogP contribution in [-0.4, -0.2) is 33.2 Å². The van der Waals surface area contributed by atoms with Gasteiger partial charge in [0.25, 0.3) is 0 Å². The van der Waals surface area contributed by atoms with Gasteiger partial charge in [0.15, 0.2) is 11.6 Å². The quantitative estimate of drug-likeness (QED) is 0.0687. The number of Topliss-reactive ketones (excluding diaryl/α,β-unsaturated/α-hetero) is 2. The summed E-state index contributed by atoms with van der Waals surface area (Å²) in [7, 11) is 0. The second-order valence-corrected chi connectivity index (χ2v) is 22.7. The molecule has 2 aromatic heterocycles. The molecule has 0 saturated heterocycles. The zero-order chi connectivity index (χ0) is 55.9. The van der Waals surface area contributed by atoms with Crippen LogP contribution in [0.25, 0.3) is 44.1 Å². The van der Waals surface area contributed by atoms with Crippen molar-refractivity contribution in [2.45, 2.75) is 102 Å². The maximum atomic E-state index is 13.7. The Balaban J connectivity index is 0.000000173. The Morgan fingerprint density at radius 3 is 1.37 bits per heavy atom. The van der Waals surface area contributed by atoms with E-state index < -0.39 is 11.7 Å². The molecule has 2 fully saturated rings. The Bertz CT molecular complexity index is 3880. The van der Waals surface area contributed by atoms with Crippen molar-refractivity contribution in [3.05, 3.63) is 262 Å². The first-order chi connectivity index (χ1) is 39.4. The van der Waals surface area contributed by atoms with Gasteiger partial charge in [0.1, 0.15) is 5.60 Å². The highest BCUT2D eigenvalue weighted by Crippen LogP contribution is 2.46. The lowest BCUT2D eigenvalue weighted by Gasteiger charge is -2.21. The Kier molecular flexibility index (Phi) is 16.1. The van der Waals surface area contributed by atoms with Gasteiger partial charge in [0.05, 0.1) is 11.0 Å². The van der Waals surface area contributed by atoms with E-state index in [4.69, 9.17) is 20.4 Å². The molecule has 2 aliphatic carbocycles. The Morgan fingerprint density at radius 1 is 0.481 bits per heavy atom. The molecule has 0 spiro atoms. The number of nitrogens with zero attached hydrogens (tertiary/aromatic N) is 2. The number of hydrogen-bond acceptors (Lipinski definition) is 7. The number of carbonyl (C=O) groups excluding carboxylic acids is 3. The van der Waals surface area contributed by atoms with Gasteiger partial charge in [-0.25, -0.2) is 4.79 Å². The van der Waals surface area contributed by atoms with Crippen LogP contribution < -0.4 is 11.1 Å². The van der Waals surface area contributed by atoms with Crippen molar-refractivity contribution in [1.82, 2.24) is 9.97 Å². The Labute approximate surface area is 475 Å². The van der Waals surface area contributed by atoms with Crippen LogP contribution in [0.2, 0.25) is 0 Å². The van der Waals surface area contributed by atoms with E-state index in [0.29, 0.717) is 34.3 Å². The normalized spacial score (nSPS) is 13.1. The summed E-state index contributed by atoms with van der Waals surface area (Å²) < 4.78 is 5.49. The number of aromatic nitrogens is 2. The van der Waals surface area contributed by atoms with Gasteiger partial charge in [-0.2, -0.15) is 0 Å². The average molecular weight is 1070 g/mol. The van der Waals surface area contributed by atoms with Crippen molar-refractivity contribution in [1.29, 1.82) is 0 Å². The number of benzene rings is 8. The topological polar surface area (TPSA) is 124 Å². The Morgan fingerprint density at radius 2 is 0.914 bits per heavy atom. The van der Waals surface area contributed by atoms with E-state index in [9.17, 15) is 14.4 Å². The first-order valence-corrected chi connectivity index (χ1v) is 28.5. The number of amides is 1. The van der Waals surface area contributed by atoms with Gasteiger partial charge >= 0.3 is 6.09 Å². The second kappa shape index (κ2) is 24.2. The van der Waals surface area contributed by atoms with Gasteiger partial charge in [0, 0.05) is 58.5 Å². The number of nitrogen functional groups attached to an aromatic ring is 1. The average Bonchev–Trinajstić information content (AvgIpc) is 4.53. The van der Waals surface area contributed by atoms with Gasteiger partial charge in [0.2, 0.25) is 0 Å². The summed E-state index contributed by atoms with van der Waals surface area (Å²) in [6.07, 6.45) is 12.1. The lowest BCUT2D eigenvalue weighted by Crippen LogP contribution is -2.27. The smallest absolute Gasteiger partial charge is 0.412 e. The number of hydrogen-bond donors (Lipinski definition) is 2. The number of aryl methyl sites for hydroxylation is 4. The summed E-state index contributed by atoms with van der Waals surface area (Å²) >= 11 is 0. The molecule has 8 nitrogen and oxygen atoms in total. The van der Waals surface area contributed by atoms with E-state index in [1.165, 1.54) is 59.1 Å². The van der Waals surface area contributed by atoms with Crippen LogP contribution >= 0.6 is 0 Å². The minimum absolute atomic E-state index is 0.0347. The maximum absolute atomic E-state index is 13.7. The summed E-state index contributed by atoms with van der Waals surface area (Å²) in [5.41, 5.74) is 24.0. The molecule has 1 amide bonds. The van der Waals surface area contributed by atoms with Crippen molar-refractivity contribution in [3.63, 3.8) is 0 Å². The summed E-state index contributed by atoms with van der Waals surface area (Å²) in [5, 5.41) is 4.90. The van der Waals surface area contributed by atoms with Crippen molar-refractivity contribution >= 4 is 50.8 Å². The summed E-state index contributed by atoms with van der Waals surface area (Å²) in [6.45, 7) is 5.47. The molecule has 0 bridgehead atoms. The van der Waals surface area contributed by atoms with E-state index in [0.717, 1.165) is 80.9 Å². The molecular formula is C73H68N4O4. The van der Waals surface area contributed by atoms with Gasteiger partial charge in [-0.3, -0.25) is 24.9 Å². The molecule has 0 radical (unpaired) electrons. The fourth-order valence-electron chi connectivity index (χ4n) is 11.0. The number of rotatable bonds is 17. The number of ketones is 2. The van der Waals surface area contributed by atoms with Gasteiger partial charge in [-0.15, -0.1) is 0 Å². The summed E-state index contributed by atoms with van der Waals surface area (Å²) in [4.78, 5) is 49.5. The van der Waals surface area contributed by atoms with Gasteiger partial charge < -0.3 is 10.5 Å². The third-order valence-electron chi connectivity index (χ3n) is 15.4. The van der Waals surface area contributed by atoms with Crippen LogP contribution in [0.15, 0.2) is 207 Å². The first-order valence-electron chi connectivity index (χ1n) is 28.5. The highest BCUT2D eigenvalue weighted by Gasteiger charge is 2.30. The van der Waals surface area contributed by atoms with Crippen molar-refractivity contribution in [2.75, 3.05) is 11.1 Å². The fraction of sp³-hybridized carbons (Fsp3) is 0.219. The molecule has 10 aromatic rings. The summed E-state index contributed by atoms with van der Waals surface area (Å²) in [6, 6.07) is 65.8. The number of nitrogens with one attached hydrogen (secondary N) is 1. The predicted molar refractivity (Wildman–Crippen MR) is 329 cm³/mol. The first kappa shape index (κ1) is 54.0. The molecule has 12 rings (SSSR count). The molecular weight excluding hydrogens is 997 g/mol. The number of carbonyl (C=O) groups is 3. The maximum Gasteiger partial charge on any atom is 0.412 e. The molecule has 2 saturated carbocycles. The zero-order valence-corrected chi connectivity index (χ0v) is 46.5. The number of nitrogens with two attached hydrogens (primary N) is 1. The monoisotopic (exact) mass is 1060 g/mol. The van der Waals surface area contributed by atoms with Crippen LogP contribution in [0.1, 0.15) is 124 Å². The standard InChI is InChI=1S/C39H38N2O3.C34H30N2O/c1-39(2,3)44-38(43)41-34-21-20-30(27-12-8-5-9-13-27)22-32(34)24-35(42)33-23-31-19-18-28(15-14-26-10-6-4-7-11-26)36(29-16-17-29)37(31)40-25-33;35-31-18-17-27(24-9-5-2-6-10-24)19-29(31)21-32(37)30-20-28-16-15-25(12-11-23-7-3-1-4-8-23)33(26-13-14-26)34(28)36-22-30/h4-13,18-23,25,29H,14-17,24H2,1-3H3,(H,41,43);1-10,15-20,22,26H,11-14,21,35H2. The number of fused-ring (bicyclic) bond motifs is 2. The molecule has 0 aliphatic heterocycles. The highest BCUT2D eigenvalue weighted by molar-refractivity contribution is 6.03. The Hall–Kier alpha value is -9.01. The molecule has 3 N–H and O–H groups in total. The van der Waals surface area contributed by atoms with Crippen LogP contribution in [-0.2, 0) is 43.3 Å². The largest absolute Gasteiger partial charge is 0.444 e. The van der Waals surface area contributed by atoms with Gasteiger partial charge in [-0.1, -0.05) is 158 Å². The molecule has 8 heteroatoms. The molecule has 2 heterocycles. The van der Waals surface area contributed by atoms with Crippen LogP contribution in [0.5, 0.6) is 0 Å². The minimum atomic E-state index is -0.637. The van der Waals surface area contributed by atoms with Crippen molar-refractivity contribution < 1.29 is 19.1 Å². The second-order valence-electron chi connectivity index (χ2n) is 22.7. The number of anilines is 2. The number of pyridine rings is 2. The third kappa shape index (κ3) is 13.5. The lowest BCUT2D eigenvalue weighted by atomic mass is 9.93. The van der Waals surface area contributed by atoms with Crippen molar-refractivity contribution in [3.8, 4) is 22.3 Å². The van der Waals surface area contributed by atoms with E-state index in [1.807, 2.05) is 118 Å². The third-order valence-corrected chi connectivity index (χ3v) is 15.4. The van der Waals surface area contributed by atoms with E-state index in [1.54, 1.807) is 12.4 Å². The van der Waals surface area contributed by atoms with E-state index >= 15 is 0 Å². The van der Waals surface area contributed by atoms with E-state index in [2.05, 4.69) is 102 Å². The predicted octanol–water partition coefficient (Wildman–Crippen LogP) is 16.9. The fourth-order valence-corrected chi connectivity index (χ4v) is 11.0. The van der Waals surface area contributed by atoms with Crippen LogP contribution in [0.3, 0.4) is 0 Å². The summed E-state index contributed by atoms with van der Waals surface area (Å²) in [5.74, 6) is 1.11. The molecule has 81 heavy (non-hydrogen) atoms. The molecule has 0 unspecified atom stereocenters. The molecule has 2 aliphatic rings. The van der Waals surface area contributed by atoms with Gasteiger partial charge in [-0.05, 0) is 187 Å². The zero-order valence-electron chi connectivity index (χ0n) is 46.5. The SMILES string of the molecule is CC(C)(C)OC(=O)Nc1ccc(-c2ccccc2)cc1CC(=O)c1cnc2c(C3CC3)c(CCc3ccccc3)ccc2c1.Nc1ccc(-c2ccccc2)cc1CC(=O)c1cnc2c(C3CC3)c(CCc3ccccc3)ccc2c1.